The van der Waals surface area contributed by atoms with Gasteiger partial charge in [-0.2, -0.15) is 5.10 Å². The van der Waals surface area contributed by atoms with Crippen molar-refractivity contribution in [3.63, 3.8) is 0 Å². The van der Waals surface area contributed by atoms with Gasteiger partial charge in [-0.15, -0.1) is 0 Å². The smallest absolute Gasteiger partial charge is 0.337 e. The molecule has 0 aromatic heterocycles. The number of nitrogens with zero attached hydrogens (tertiary/aromatic N) is 1. The van der Waals surface area contributed by atoms with Crippen molar-refractivity contribution < 1.29 is 42.8 Å². The Kier molecular flexibility index (Phi) is 12.3. The largest absolute Gasteiger partial charge is 0.490 e. The lowest BCUT2D eigenvalue weighted by molar-refractivity contribution is -0.136. The van der Waals surface area contributed by atoms with E-state index in [1.807, 2.05) is 0 Å². The molecule has 0 bridgehead atoms. The summed E-state index contributed by atoms with van der Waals surface area (Å²) in [5, 5.41) is 20.1. The molecular weight excluding hydrogens is 635 g/mol. The molecule has 250 valence electrons. The molecule has 14 heteroatoms. The summed E-state index contributed by atoms with van der Waals surface area (Å²) in [6, 6.07) is 13.2. The van der Waals surface area contributed by atoms with Crippen molar-refractivity contribution in [3.05, 3.63) is 93.4 Å². The zero-order chi connectivity index (χ0) is 33.9. The van der Waals surface area contributed by atoms with Crippen LogP contribution in [-0.4, -0.2) is 56.5 Å². The van der Waals surface area contributed by atoms with Gasteiger partial charge in [0, 0.05) is 11.3 Å². The monoisotopic (exact) mass is 670 g/mol. The number of aliphatic hydroxyl groups excluding tert-OH is 1. The summed E-state index contributed by atoms with van der Waals surface area (Å²) in [4.78, 5) is 24.6. The third-order valence-corrected chi connectivity index (χ3v) is 7.05. The molecular formula is C33H36ClFN4O8. The van der Waals surface area contributed by atoms with Crippen molar-refractivity contribution in [2.24, 2.45) is 5.10 Å². The molecule has 0 saturated heterocycles. The van der Waals surface area contributed by atoms with Gasteiger partial charge in [0.1, 0.15) is 19.0 Å². The molecule has 4 N–H and O–H groups in total. The summed E-state index contributed by atoms with van der Waals surface area (Å²) in [7, 11) is 1.26. The highest BCUT2D eigenvalue weighted by molar-refractivity contribution is 6.32. The molecule has 0 spiro atoms. The molecule has 12 nitrogen and oxygen atoms in total. The number of benzene rings is 3. The van der Waals surface area contributed by atoms with Gasteiger partial charge in [0.15, 0.2) is 29.2 Å². The Balaban J connectivity index is 1.40. The van der Waals surface area contributed by atoms with E-state index in [2.05, 4.69) is 21.2 Å². The van der Waals surface area contributed by atoms with E-state index >= 15 is 0 Å². The van der Waals surface area contributed by atoms with Crippen molar-refractivity contribution in [2.75, 3.05) is 26.9 Å². The van der Waals surface area contributed by atoms with E-state index in [1.54, 1.807) is 69.3 Å². The van der Waals surface area contributed by atoms with Crippen LogP contribution < -0.4 is 35.0 Å². The maximum atomic E-state index is 14.0. The van der Waals surface area contributed by atoms with Gasteiger partial charge in [-0.1, -0.05) is 35.9 Å². The van der Waals surface area contributed by atoms with E-state index in [-0.39, 0.29) is 35.4 Å². The molecule has 1 aliphatic rings. The van der Waals surface area contributed by atoms with Crippen molar-refractivity contribution >= 4 is 29.8 Å². The molecule has 0 fully saturated rings. The highest BCUT2D eigenvalue weighted by Crippen LogP contribution is 2.37. The summed E-state index contributed by atoms with van der Waals surface area (Å²) in [5.41, 5.74) is 4.69. The number of amides is 2. The van der Waals surface area contributed by atoms with Crippen molar-refractivity contribution in [1.29, 1.82) is 0 Å². The average Bonchev–Trinajstić information content (AvgIpc) is 3.04. The molecule has 0 aliphatic carbocycles. The fourth-order valence-corrected chi connectivity index (χ4v) is 4.92. The minimum atomic E-state index is -1.22. The van der Waals surface area contributed by atoms with Gasteiger partial charge >= 0.3 is 12.0 Å². The molecule has 0 saturated carbocycles. The fraction of sp³-hybridized carbons (Fsp3) is 0.303. The highest BCUT2D eigenvalue weighted by Gasteiger charge is 2.32. The Morgan fingerprint density at radius 3 is 2.53 bits per heavy atom. The molecule has 47 heavy (non-hydrogen) atoms. The molecule has 3 aromatic carbocycles. The normalized spacial score (nSPS) is 15.0. The minimum absolute atomic E-state index is 0.0404. The number of esters is 1. The maximum absolute atomic E-state index is 14.0. The summed E-state index contributed by atoms with van der Waals surface area (Å²) in [6.07, 6.45) is 0.214. The van der Waals surface area contributed by atoms with Crippen LogP contribution in [0.4, 0.5) is 9.18 Å². The molecule has 2 atom stereocenters. The number of aliphatic hydroxyl groups is 1. The van der Waals surface area contributed by atoms with Gasteiger partial charge < -0.3 is 39.4 Å². The van der Waals surface area contributed by atoms with E-state index in [9.17, 15) is 19.1 Å². The summed E-state index contributed by atoms with van der Waals surface area (Å²) in [5.74, 6) is 0.293. The predicted octanol–water partition coefficient (Wildman–Crippen LogP) is 4.98. The first kappa shape index (κ1) is 34.9. The summed E-state index contributed by atoms with van der Waals surface area (Å²) >= 11 is 6.47. The average molecular weight is 671 g/mol. The molecule has 4 rings (SSSR count). The zero-order valence-electron chi connectivity index (χ0n) is 26.3. The lowest BCUT2D eigenvalue weighted by atomic mass is 9.95. The molecule has 2 amide bonds. The van der Waals surface area contributed by atoms with Crippen molar-refractivity contribution in [1.82, 2.24) is 16.1 Å². The summed E-state index contributed by atoms with van der Waals surface area (Å²) < 4.78 is 42.0. The number of hydrogen-bond donors (Lipinski definition) is 4. The molecule has 1 aliphatic heterocycles. The second kappa shape index (κ2) is 16.5. The Bertz CT molecular complexity index is 1650. The van der Waals surface area contributed by atoms with E-state index in [0.717, 1.165) is 0 Å². The van der Waals surface area contributed by atoms with Crippen LogP contribution >= 0.6 is 11.6 Å². The molecule has 0 radical (unpaired) electrons. The van der Waals surface area contributed by atoms with Crippen LogP contribution in [0.2, 0.25) is 5.02 Å². The van der Waals surface area contributed by atoms with Crippen LogP contribution in [0.25, 0.3) is 0 Å². The predicted molar refractivity (Wildman–Crippen MR) is 172 cm³/mol. The minimum Gasteiger partial charge on any atom is -0.490 e. The van der Waals surface area contributed by atoms with Crippen LogP contribution in [0.1, 0.15) is 43.5 Å². The number of carbonyl (C=O) groups excluding carboxylic acids is 2. The number of methoxy groups -OCH3 is 1. The fourth-order valence-electron chi connectivity index (χ4n) is 4.65. The Hall–Kier alpha value is -5.01. The van der Waals surface area contributed by atoms with Crippen LogP contribution in [0.3, 0.4) is 0 Å². The number of carbonyl (C=O) groups is 2. The number of allylic oxidation sites excluding steroid dienone is 1. The number of hydrogen-bond acceptors (Lipinski definition) is 10. The Labute approximate surface area is 276 Å². The highest BCUT2D eigenvalue weighted by atomic mass is 35.5. The SMILES string of the molecule is CCOc1cc([C@H]2NC(=O)NC(C)=C2C(=O)OC)ccc1OC[C@H](O)N/N=C\c1cc(Cl)c(OCc2ccccc2F)c(OCC)c1. The first-order chi connectivity index (χ1) is 22.6. The first-order valence-electron chi connectivity index (χ1n) is 14.7. The second-order valence-electron chi connectivity index (χ2n) is 10.1. The van der Waals surface area contributed by atoms with Gasteiger partial charge in [-0.25, -0.2) is 14.0 Å². The number of rotatable bonds is 15. The van der Waals surface area contributed by atoms with Crippen LogP contribution in [0.5, 0.6) is 23.0 Å². The number of urea groups is 1. The first-order valence-corrected chi connectivity index (χ1v) is 15.1. The van der Waals surface area contributed by atoms with Gasteiger partial charge in [-0.3, -0.25) is 5.43 Å². The second-order valence-corrected chi connectivity index (χ2v) is 10.5. The Morgan fingerprint density at radius 1 is 1.06 bits per heavy atom. The maximum Gasteiger partial charge on any atom is 0.337 e. The number of ether oxygens (including phenoxy) is 5. The van der Waals surface area contributed by atoms with E-state index < -0.39 is 24.3 Å². The van der Waals surface area contributed by atoms with Gasteiger partial charge in [0.05, 0.1) is 43.2 Å². The number of nitrogens with one attached hydrogen (secondary N) is 3. The van der Waals surface area contributed by atoms with Crippen LogP contribution in [0, 0.1) is 5.82 Å². The lowest BCUT2D eigenvalue weighted by Crippen LogP contribution is -2.45. The van der Waals surface area contributed by atoms with Crippen LogP contribution in [-0.2, 0) is 16.1 Å². The van der Waals surface area contributed by atoms with Crippen molar-refractivity contribution in [2.45, 2.75) is 39.6 Å². The molecule has 3 aromatic rings. The van der Waals surface area contributed by atoms with Crippen molar-refractivity contribution in [3.8, 4) is 23.0 Å². The van der Waals surface area contributed by atoms with Gasteiger partial charge in [-0.05, 0) is 62.2 Å². The van der Waals surface area contributed by atoms with E-state index in [1.165, 1.54) is 19.4 Å². The third kappa shape index (κ3) is 9.05. The lowest BCUT2D eigenvalue weighted by Gasteiger charge is -2.28. The number of hydrazone groups is 1. The standard InChI is InChI=1S/C33H36ClFN4O8/c1-5-44-26-15-21(30-29(32(41)43-4)19(3)37-33(42)38-30)11-12-25(26)46-18-28(40)39-36-16-20-13-23(34)31(27(14-20)45-6-2)47-17-22-9-7-8-10-24(22)35/h7-16,28,30,39-40H,5-6,17-18H2,1-4H3,(H2,37,38,42)/b36-16-/t28-,30+/m0/s1. The van der Waals surface area contributed by atoms with Gasteiger partial charge in [0.2, 0.25) is 0 Å². The van der Waals surface area contributed by atoms with E-state index in [0.29, 0.717) is 52.8 Å². The van der Waals surface area contributed by atoms with Crippen LogP contribution in [0.15, 0.2) is 71.0 Å². The molecule has 1 heterocycles. The third-order valence-electron chi connectivity index (χ3n) is 6.77. The number of halogens is 2. The quantitative estimate of drug-likeness (QED) is 0.0761. The van der Waals surface area contributed by atoms with Gasteiger partial charge in [0.25, 0.3) is 0 Å². The molecule has 0 unspecified atom stereocenters. The summed E-state index contributed by atoms with van der Waals surface area (Å²) in [6.45, 7) is 5.61. The zero-order valence-corrected chi connectivity index (χ0v) is 27.0. The Morgan fingerprint density at radius 2 is 1.81 bits per heavy atom. The topological polar surface area (TPSA) is 149 Å². The van der Waals surface area contributed by atoms with E-state index in [4.69, 9.17) is 35.3 Å².